The van der Waals surface area contributed by atoms with Gasteiger partial charge >= 0.3 is 5.63 Å². The first-order valence-corrected chi connectivity index (χ1v) is 10.4. The smallest absolute Gasteiger partial charge is 0.347 e. The Bertz CT molecular complexity index is 1190. The van der Waals surface area contributed by atoms with Crippen molar-refractivity contribution >= 4 is 28.7 Å². The molecule has 0 saturated carbocycles. The molecule has 0 bridgehead atoms. The van der Waals surface area contributed by atoms with Crippen molar-refractivity contribution in [3.63, 3.8) is 0 Å². The van der Waals surface area contributed by atoms with Crippen LogP contribution in [0.15, 0.2) is 69.9 Å². The largest absolute Gasteiger partial charge is 0.484 e. The lowest BCUT2D eigenvalue weighted by molar-refractivity contribution is -0.134. The molecule has 1 aromatic heterocycles. The van der Waals surface area contributed by atoms with Gasteiger partial charge in [-0.2, -0.15) is 0 Å². The van der Waals surface area contributed by atoms with E-state index < -0.39 is 11.4 Å². The molecular weight excluding hydrogens is 394 g/mol. The fraction of sp³-hybridized carbons (Fsp3) is 0.240. The van der Waals surface area contributed by atoms with Gasteiger partial charge in [-0.1, -0.05) is 36.4 Å². The van der Waals surface area contributed by atoms with E-state index in [9.17, 15) is 14.4 Å². The number of nitrogens with zero attached hydrogens (tertiary/aromatic N) is 1. The Labute approximate surface area is 179 Å². The summed E-state index contributed by atoms with van der Waals surface area (Å²) in [5, 5.41) is 0.688. The predicted molar refractivity (Wildman–Crippen MR) is 118 cm³/mol. The Hall–Kier alpha value is -3.67. The van der Waals surface area contributed by atoms with Gasteiger partial charge in [0.25, 0.3) is 5.91 Å². The van der Waals surface area contributed by atoms with Crippen LogP contribution >= 0.6 is 0 Å². The summed E-state index contributed by atoms with van der Waals surface area (Å²) in [5.74, 6) is 0.0927. The number of rotatable bonds is 6. The molecule has 2 aromatic carbocycles. The molecule has 1 fully saturated rings. The molecule has 1 aliphatic heterocycles. The topological polar surface area (TPSA) is 76.8 Å². The Morgan fingerprint density at radius 3 is 2.65 bits per heavy atom. The van der Waals surface area contributed by atoms with E-state index in [0.29, 0.717) is 16.7 Å². The third-order valence-corrected chi connectivity index (χ3v) is 5.26. The summed E-state index contributed by atoms with van der Waals surface area (Å²) in [4.78, 5) is 38.8. The highest BCUT2D eigenvalue weighted by Crippen LogP contribution is 2.17. The maximum atomic E-state index is 12.5. The van der Waals surface area contributed by atoms with Crippen LogP contribution in [0.2, 0.25) is 0 Å². The second-order valence-electron chi connectivity index (χ2n) is 7.49. The minimum atomic E-state index is -0.665. The summed E-state index contributed by atoms with van der Waals surface area (Å²) in [5.41, 5.74) is 0.481. The van der Waals surface area contributed by atoms with Gasteiger partial charge in [0.15, 0.2) is 12.4 Å². The monoisotopic (exact) mass is 417 g/mol. The van der Waals surface area contributed by atoms with Gasteiger partial charge in [0.2, 0.25) is 0 Å². The molecular formula is C25H23NO5. The summed E-state index contributed by atoms with van der Waals surface area (Å²) < 4.78 is 10.9. The van der Waals surface area contributed by atoms with Crippen LogP contribution in [-0.4, -0.2) is 36.3 Å². The molecule has 6 nitrogen and oxygen atoms in total. The number of ketones is 1. The van der Waals surface area contributed by atoms with E-state index in [-0.39, 0.29) is 18.1 Å². The van der Waals surface area contributed by atoms with Gasteiger partial charge in [-0.05, 0) is 55.2 Å². The lowest BCUT2D eigenvalue weighted by atomic mass is 10.1. The average Bonchev–Trinajstić information content (AvgIpc) is 2.81. The molecule has 0 radical (unpaired) electrons. The average molecular weight is 417 g/mol. The second-order valence-corrected chi connectivity index (χ2v) is 7.49. The third-order valence-electron chi connectivity index (χ3n) is 5.26. The van der Waals surface area contributed by atoms with Crippen molar-refractivity contribution in [3.8, 4) is 5.75 Å². The number of fused-ring (bicyclic) bond motifs is 1. The highest BCUT2D eigenvalue weighted by molar-refractivity contribution is 6.07. The van der Waals surface area contributed by atoms with Gasteiger partial charge in [0.1, 0.15) is 16.9 Å². The van der Waals surface area contributed by atoms with Crippen molar-refractivity contribution in [2.45, 2.75) is 19.3 Å². The summed E-state index contributed by atoms with van der Waals surface area (Å²) >= 11 is 0. The summed E-state index contributed by atoms with van der Waals surface area (Å²) in [6.45, 7) is 1.57. The molecule has 158 valence electrons. The van der Waals surface area contributed by atoms with Crippen molar-refractivity contribution in [1.29, 1.82) is 0 Å². The SMILES string of the molecule is O=C(/C=C/c1cccc(OCC(=O)N2CCCCC2)c1)c1cc2ccccc2oc1=O. The molecule has 1 aliphatic rings. The molecule has 3 aromatic rings. The van der Waals surface area contributed by atoms with Crippen LogP contribution < -0.4 is 10.4 Å². The number of piperidine rings is 1. The first kappa shape index (κ1) is 20.6. The molecule has 0 unspecified atom stereocenters. The predicted octanol–water partition coefficient (Wildman–Crippen LogP) is 4.08. The Kier molecular flexibility index (Phi) is 6.26. The van der Waals surface area contributed by atoms with E-state index in [1.807, 2.05) is 17.0 Å². The van der Waals surface area contributed by atoms with Crippen LogP contribution in [-0.2, 0) is 4.79 Å². The van der Waals surface area contributed by atoms with E-state index in [0.717, 1.165) is 31.5 Å². The van der Waals surface area contributed by atoms with Crippen LogP contribution in [0.3, 0.4) is 0 Å². The number of ether oxygens (including phenoxy) is 1. The minimum Gasteiger partial charge on any atom is -0.484 e. The number of allylic oxidation sites excluding steroid dienone is 1. The molecule has 0 N–H and O–H groups in total. The minimum absolute atomic E-state index is 0.00969. The second kappa shape index (κ2) is 9.43. The fourth-order valence-electron chi connectivity index (χ4n) is 3.58. The van der Waals surface area contributed by atoms with Gasteiger partial charge in [-0.3, -0.25) is 9.59 Å². The zero-order valence-electron chi connectivity index (χ0n) is 17.1. The number of likely N-dealkylation sites (tertiary alicyclic amines) is 1. The van der Waals surface area contributed by atoms with E-state index >= 15 is 0 Å². The molecule has 4 rings (SSSR count). The lowest BCUT2D eigenvalue weighted by Gasteiger charge is -2.26. The first-order chi connectivity index (χ1) is 15.1. The van der Waals surface area contributed by atoms with Gasteiger partial charge in [0, 0.05) is 18.5 Å². The summed E-state index contributed by atoms with van der Waals surface area (Å²) in [6, 6.07) is 15.7. The molecule has 31 heavy (non-hydrogen) atoms. The maximum absolute atomic E-state index is 12.5. The molecule has 0 atom stereocenters. The van der Waals surface area contributed by atoms with Crippen LogP contribution in [0, 0.1) is 0 Å². The first-order valence-electron chi connectivity index (χ1n) is 10.4. The normalized spacial score (nSPS) is 14.1. The number of carbonyl (C=O) groups is 2. The molecule has 2 heterocycles. The highest BCUT2D eigenvalue weighted by atomic mass is 16.5. The fourth-order valence-corrected chi connectivity index (χ4v) is 3.58. The zero-order valence-corrected chi connectivity index (χ0v) is 17.1. The molecule has 0 aliphatic carbocycles. The van der Waals surface area contributed by atoms with Crippen LogP contribution in [0.1, 0.15) is 35.2 Å². The number of carbonyl (C=O) groups excluding carboxylic acids is 2. The Balaban J connectivity index is 1.42. The van der Waals surface area contributed by atoms with Crippen molar-refractivity contribution in [1.82, 2.24) is 4.90 Å². The van der Waals surface area contributed by atoms with Gasteiger partial charge in [-0.25, -0.2) is 4.79 Å². The van der Waals surface area contributed by atoms with E-state index in [1.165, 1.54) is 12.5 Å². The summed E-state index contributed by atoms with van der Waals surface area (Å²) in [6.07, 6.45) is 6.18. The standard InChI is InChI=1S/C25H23NO5/c27-22(21-16-19-8-2-3-10-23(19)31-25(21)29)12-11-18-7-6-9-20(15-18)30-17-24(28)26-13-4-1-5-14-26/h2-3,6-12,15-16H,1,4-5,13-14,17H2/b12-11+. The number of amides is 1. The van der Waals surface area contributed by atoms with Crippen molar-refractivity contribution in [2.75, 3.05) is 19.7 Å². The number of para-hydroxylation sites is 1. The molecule has 1 amide bonds. The Morgan fingerprint density at radius 2 is 1.81 bits per heavy atom. The number of hydrogen-bond acceptors (Lipinski definition) is 5. The van der Waals surface area contributed by atoms with Crippen LogP contribution in [0.5, 0.6) is 5.75 Å². The third kappa shape index (κ3) is 5.09. The lowest BCUT2D eigenvalue weighted by Crippen LogP contribution is -2.38. The number of hydrogen-bond donors (Lipinski definition) is 0. The van der Waals surface area contributed by atoms with Crippen molar-refractivity contribution in [3.05, 3.63) is 82.2 Å². The quantitative estimate of drug-likeness (QED) is 0.343. The van der Waals surface area contributed by atoms with E-state index in [4.69, 9.17) is 9.15 Å². The van der Waals surface area contributed by atoms with Crippen LogP contribution in [0.25, 0.3) is 17.0 Å². The van der Waals surface area contributed by atoms with Crippen molar-refractivity contribution in [2.24, 2.45) is 0 Å². The molecule has 0 spiro atoms. The van der Waals surface area contributed by atoms with Gasteiger partial charge in [0.05, 0.1) is 0 Å². The maximum Gasteiger partial charge on any atom is 0.347 e. The van der Waals surface area contributed by atoms with Crippen molar-refractivity contribution < 1.29 is 18.7 Å². The van der Waals surface area contributed by atoms with E-state index in [1.54, 1.807) is 48.5 Å². The highest BCUT2D eigenvalue weighted by Gasteiger charge is 2.16. The zero-order chi connectivity index (χ0) is 21.6. The molecule has 6 heteroatoms. The number of benzene rings is 2. The van der Waals surface area contributed by atoms with Crippen LogP contribution in [0.4, 0.5) is 0 Å². The Morgan fingerprint density at radius 1 is 1.00 bits per heavy atom. The molecule has 1 saturated heterocycles. The van der Waals surface area contributed by atoms with Gasteiger partial charge in [-0.15, -0.1) is 0 Å². The summed E-state index contributed by atoms with van der Waals surface area (Å²) in [7, 11) is 0. The van der Waals surface area contributed by atoms with Gasteiger partial charge < -0.3 is 14.1 Å². The van der Waals surface area contributed by atoms with E-state index in [2.05, 4.69) is 0 Å².